The number of hydrogen-bond acceptors (Lipinski definition) is 6. The van der Waals surface area contributed by atoms with E-state index in [1.54, 1.807) is 24.3 Å². The Morgan fingerprint density at radius 3 is 2.63 bits per heavy atom. The Labute approximate surface area is 200 Å². The minimum absolute atomic E-state index is 0.0761. The van der Waals surface area contributed by atoms with Crippen LogP contribution in [0.25, 0.3) is 16.9 Å². The number of methoxy groups -OCH3 is 1. The molecule has 0 aliphatic carbocycles. The molecule has 35 heavy (non-hydrogen) atoms. The Kier molecular flexibility index (Phi) is 6.39. The van der Waals surface area contributed by atoms with Gasteiger partial charge in [-0.25, -0.2) is 14.3 Å². The number of ether oxygens (including phenoxy) is 2. The molecule has 2 aliphatic heterocycles. The summed E-state index contributed by atoms with van der Waals surface area (Å²) in [4.78, 5) is 19.8. The molecule has 2 saturated heterocycles. The Hall–Kier alpha value is -3.14. The molecule has 0 radical (unpaired) electrons. The SMILES string of the molecule is COc1ccc(-c2cc(C(F)(F)F)n3ncc(C(=O)OCC4CCCN5CCCCC45)c3n2)cc1. The van der Waals surface area contributed by atoms with Crippen molar-refractivity contribution in [3.8, 4) is 17.0 Å². The van der Waals surface area contributed by atoms with Crippen molar-refractivity contribution in [3.63, 3.8) is 0 Å². The van der Waals surface area contributed by atoms with Gasteiger partial charge in [0.15, 0.2) is 11.3 Å². The summed E-state index contributed by atoms with van der Waals surface area (Å²) in [5, 5.41) is 3.83. The van der Waals surface area contributed by atoms with Crippen LogP contribution in [0.1, 0.15) is 48.2 Å². The number of hydrogen-bond donors (Lipinski definition) is 0. The topological polar surface area (TPSA) is 69.0 Å². The van der Waals surface area contributed by atoms with Gasteiger partial charge in [-0.1, -0.05) is 6.42 Å². The lowest BCUT2D eigenvalue weighted by atomic mass is 9.84. The Balaban J connectivity index is 1.44. The lowest BCUT2D eigenvalue weighted by Gasteiger charge is -2.44. The minimum atomic E-state index is -4.69. The molecule has 0 bridgehead atoms. The second kappa shape index (κ2) is 9.49. The Morgan fingerprint density at radius 2 is 1.89 bits per heavy atom. The molecular weight excluding hydrogens is 461 g/mol. The molecule has 0 amide bonds. The highest BCUT2D eigenvalue weighted by molar-refractivity contribution is 5.96. The largest absolute Gasteiger partial charge is 0.497 e. The van der Waals surface area contributed by atoms with E-state index >= 15 is 0 Å². The number of halogens is 3. The van der Waals surface area contributed by atoms with Gasteiger partial charge in [0, 0.05) is 17.5 Å². The molecule has 186 valence electrons. The molecule has 7 nitrogen and oxygen atoms in total. The first-order valence-corrected chi connectivity index (χ1v) is 11.9. The van der Waals surface area contributed by atoms with E-state index < -0.39 is 17.8 Å². The summed E-state index contributed by atoms with van der Waals surface area (Å²) in [6.07, 6.45) is 1.87. The van der Waals surface area contributed by atoms with Crippen LogP contribution in [-0.2, 0) is 10.9 Å². The number of fused-ring (bicyclic) bond motifs is 2. The smallest absolute Gasteiger partial charge is 0.433 e. The zero-order valence-corrected chi connectivity index (χ0v) is 19.4. The van der Waals surface area contributed by atoms with E-state index in [1.165, 1.54) is 13.5 Å². The predicted octanol–water partition coefficient (Wildman–Crippen LogP) is 4.85. The highest BCUT2D eigenvalue weighted by Gasteiger charge is 2.37. The third-order valence-electron chi connectivity index (χ3n) is 7.03. The van der Waals surface area contributed by atoms with E-state index in [0.29, 0.717) is 21.9 Å². The van der Waals surface area contributed by atoms with Crippen LogP contribution in [0.5, 0.6) is 5.75 Å². The number of carbonyl (C=O) groups excluding carboxylic acids is 1. The third-order valence-corrected chi connectivity index (χ3v) is 7.03. The summed E-state index contributed by atoms with van der Waals surface area (Å²) in [5.74, 6) is 0.0857. The van der Waals surface area contributed by atoms with E-state index in [1.807, 2.05) is 0 Å². The first-order valence-electron chi connectivity index (χ1n) is 11.9. The van der Waals surface area contributed by atoms with Crippen molar-refractivity contribution in [2.75, 3.05) is 26.8 Å². The van der Waals surface area contributed by atoms with Crippen LogP contribution in [0.15, 0.2) is 36.5 Å². The van der Waals surface area contributed by atoms with Crippen molar-refractivity contribution >= 4 is 11.6 Å². The normalized spacial score (nSPS) is 21.0. The molecule has 2 atom stereocenters. The molecule has 2 fully saturated rings. The average molecular weight is 489 g/mol. The highest BCUT2D eigenvalue weighted by atomic mass is 19.4. The van der Waals surface area contributed by atoms with E-state index in [0.717, 1.165) is 51.0 Å². The molecule has 2 aromatic heterocycles. The fraction of sp³-hybridized carbons (Fsp3) is 0.480. The van der Waals surface area contributed by atoms with Gasteiger partial charge in [-0.3, -0.25) is 4.90 Å². The third kappa shape index (κ3) is 4.71. The summed E-state index contributed by atoms with van der Waals surface area (Å²) >= 11 is 0. The summed E-state index contributed by atoms with van der Waals surface area (Å²) in [5.41, 5.74) is -0.746. The molecule has 0 saturated carbocycles. The Bertz CT molecular complexity index is 1210. The van der Waals surface area contributed by atoms with Gasteiger partial charge in [-0.15, -0.1) is 0 Å². The summed E-state index contributed by atoms with van der Waals surface area (Å²) in [6, 6.07) is 7.83. The summed E-state index contributed by atoms with van der Waals surface area (Å²) in [7, 11) is 1.50. The molecule has 10 heteroatoms. The number of nitrogens with zero attached hydrogens (tertiary/aromatic N) is 4. The molecule has 3 aromatic rings. The molecule has 0 N–H and O–H groups in total. The maximum Gasteiger partial charge on any atom is 0.433 e. The first-order chi connectivity index (χ1) is 16.8. The fourth-order valence-electron chi connectivity index (χ4n) is 5.25. The van der Waals surface area contributed by atoms with Crippen LogP contribution < -0.4 is 4.74 Å². The second-order valence-electron chi connectivity index (χ2n) is 9.15. The van der Waals surface area contributed by atoms with Crippen molar-refractivity contribution in [2.45, 2.75) is 44.3 Å². The van der Waals surface area contributed by atoms with Gasteiger partial charge in [0.25, 0.3) is 0 Å². The number of benzene rings is 1. The van der Waals surface area contributed by atoms with Gasteiger partial charge in [0.2, 0.25) is 0 Å². The van der Waals surface area contributed by atoms with Crippen LogP contribution in [0.4, 0.5) is 13.2 Å². The Morgan fingerprint density at radius 1 is 1.11 bits per heavy atom. The van der Waals surface area contributed by atoms with Gasteiger partial charge in [-0.05, 0) is 69.1 Å². The molecule has 2 unspecified atom stereocenters. The quantitative estimate of drug-likeness (QED) is 0.479. The minimum Gasteiger partial charge on any atom is -0.497 e. The first kappa shape index (κ1) is 23.6. The van der Waals surface area contributed by atoms with Crippen molar-refractivity contribution < 1.29 is 27.4 Å². The van der Waals surface area contributed by atoms with E-state index in [9.17, 15) is 18.0 Å². The monoisotopic (exact) mass is 488 g/mol. The lowest BCUT2D eigenvalue weighted by Crippen LogP contribution is -2.49. The molecule has 4 heterocycles. The standard InChI is InChI=1S/C25H27F3N4O3/c1-34-18-9-7-16(8-10-18)20-13-22(25(26,27)28)32-23(30-20)19(14-29-32)24(33)35-15-17-5-4-12-31-11-3-2-6-21(17)31/h7-10,13-14,17,21H,2-6,11-12,15H2,1H3. The molecule has 2 aliphatic rings. The van der Waals surface area contributed by atoms with Crippen molar-refractivity contribution in [1.29, 1.82) is 0 Å². The number of esters is 1. The average Bonchev–Trinajstić information content (AvgIpc) is 3.30. The maximum atomic E-state index is 13.9. The van der Waals surface area contributed by atoms with Crippen LogP contribution in [0, 0.1) is 5.92 Å². The number of piperidine rings is 2. The van der Waals surface area contributed by atoms with Crippen LogP contribution >= 0.6 is 0 Å². The number of alkyl halides is 3. The van der Waals surface area contributed by atoms with Gasteiger partial charge in [-0.2, -0.15) is 18.3 Å². The number of aromatic nitrogens is 3. The molecule has 0 spiro atoms. The zero-order valence-electron chi connectivity index (χ0n) is 19.4. The van der Waals surface area contributed by atoms with Crippen LogP contribution in [-0.4, -0.2) is 58.3 Å². The number of rotatable bonds is 5. The fourth-order valence-corrected chi connectivity index (χ4v) is 5.25. The van der Waals surface area contributed by atoms with Crippen LogP contribution in [0.2, 0.25) is 0 Å². The predicted molar refractivity (Wildman–Crippen MR) is 122 cm³/mol. The number of carbonyl (C=O) groups is 1. The highest BCUT2D eigenvalue weighted by Crippen LogP contribution is 2.34. The van der Waals surface area contributed by atoms with Crippen LogP contribution in [0.3, 0.4) is 0 Å². The van der Waals surface area contributed by atoms with Gasteiger partial charge < -0.3 is 9.47 Å². The summed E-state index contributed by atoms with van der Waals surface area (Å²) in [6.45, 7) is 2.38. The molecular formula is C25H27F3N4O3. The van der Waals surface area contributed by atoms with Crippen molar-refractivity contribution in [1.82, 2.24) is 19.5 Å². The van der Waals surface area contributed by atoms with E-state index in [-0.39, 0.29) is 29.4 Å². The molecule has 1 aromatic carbocycles. The van der Waals surface area contributed by atoms with E-state index in [4.69, 9.17) is 9.47 Å². The second-order valence-corrected chi connectivity index (χ2v) is 9.15. The van der Waals surface area contributed by atoms with Gasteiger partial charge >= 0.3 is 12.1 Å². The molecule has 5 rings (SSSR count). The maximum absolute atomic E-state index is 13.9. The van der Waals surface area contributed by atoms with Gasteiger partial charge in [0.05, 0.1) is 25.6 Å². The van der Waals surface area contributed by atoms with E-state index in [2.05, 4.69) is 15.0 Å². The summed E-state index contributed by atoms with van der Waals surface area (Å²) < 4.78 is 53.0. The lowest BCUT2D eigenvalue weighted by molar-refractivity contribution is -0.142. The van der Waals surface area contributed by atoms with Gasteiger partial charge in [0.1, 0.15) is 11.3 Å². The van der Waals surface area contributed by atoms with Crippen molar-refractivity contribution in [3.05, 3.63) is 47.8 Å². The van der Waals surface area contributed by atoms with Crippen molar-refractivity contribution in [2.24, 2.45) is 5.92 Å². The zero-order chi connectivity index (χ0) is 24.6.